The molecule has 1 saturated heterocycles. The Morgan fingerprint density at radius 2 is 2.00 bits per heavy atom. The van der Waals surface area contributed by atoms with E-state index in [4.69, 9.17) is 0 Å². The van der Waals surface area contributed by atoms with Crippen molar-refractivity contribution < 1.29 is 8.42 Å². The maximum absolute atomic E-state index is 11.1. The maximum Gasteiger partial charge on any atom is 0.151 e. The summed E-state index contributed by atoms with van der Waals surface area (Å²) in [6.07, 6.45) is 2.11. The van der Waals surface area contributed by atoms with Crippen molar-refractivity contribution in [1.82, 2.24) is 4.90 Å². The van der Waals surface area contributed by atoms with Crippen LogP contribution in [-0.2, 0) is 9.84 Å². The number of likely N-dealkylation sites (tertiary alicyclic amines) is 1. The third kappa shape index (κ3) is 1.93. The fraction of sp³-hybridized carbons (Fsp3) is 1.00. The van der Waals surface area contributed by atoms with Crippen molar-refractivity contribution in [3.8, 4) is 0 Å². The van der Waals surface area contributed by atoms with Crippen LogP contribution in [0.3, 0.4) is 0 Å². The van der Waals surface area contributed by atoms with E-state index in [1.807, 2.05) is 7.05 Å². The lowest BCUT2D eigenvalue weighted by Crippen LogP contribution is -2.24. The SMILES string of the molecule is CC1C[C@@H](S(C)(=O)=O)CN1C. The van der Waals surface area contributed by atoms with Crippen LogP contribution in [0.4, 0.5) is 0 Å². The van der Waals surface area contributed by atoms with Crippen LogP contribution in [0.15, 0.2) is 0 Å². The topological polar surface area (TPSA) is 37.4 Å². The Labute approximate surface area is 68.3 Å². The number of sulfone groups is 1. The summed E-state index contributed by atoms with van der Waals surface area (Å²) in [7, 11) is -0.842. The van der Waals surface area contributed by atoms with Crippen LogP contribution < -0.4 is 0 Å². The average molecular weight is 177 g/mol. The molecule has 0 amide bonds. The average Bonchev–Trinajstić information content (AvgIpc) is 2.11. The lowest BCUT2D eigenvalue weighted by Gasteiger charge is -2.12. The standard InChI is InChI=1S/C7H15NO2S/c1-6-4-7(5-8(6)2)11(3,9)10/h6-7H,4-5H2,1-3H3/t6?,7-/m1/s1. The minimum atomic E-state index is -2.81. The van der Waals surface area contributed by atoms with Crippen molar-refractivity contribution in [1.29, 1.82) is 0 Å². The zero-order chi connectivity index (χ0) is 8.65. The largest absolute Gasteiger partial charge is 0.302 e. The summed E-state index contributed by atoms with van der Waals surface area (Å²) in [6, 6.07) is 0.412. The van der Waals surface area contributed by atoms with Crippen LogP contribution >= 0.6 is 0 Å². The summed E-state index contributed by atoms with van der Waals surface area (Å²) in [4.78, 5) is 2.09. The second-order valence-electron chi connectivity index (χ2n) is 3.48. The zero-order valence-corrected chi connectivity index (χ0v) is 8.06. The molecule has 0 radical (unpaired) electrons. The fourth-order valence-corrected chi connectivity index (χ4v) is 2.58. The first kappa shape index (κ1) is 9.00. The van der Waals surface area contributed by atoms with Gasteiger partial charge in [-0.2, -0.15) is 0 Å². The Morgan fingerprint density at radius 1 is 1.45 bits per heavy atom. The third-order valence-corrected chi connectivity index (χ3v) is 4.01. The number of hydrogen-bond donors (Lipinski definition) is 0. The summed E-state index contributed by atoms with van der Waals surface area (Å²) >= 11 is 0. The summed E-state index contributed by atoms with van der Waals surface area (Å²) < 4.78 is 22.2. The third-order valence-electron chi connectivity index (χ3n) is 2.45. The number of hydrogen-bond acceptors (Lipinski definition) is 3. The highest BCUT2D eigenvalue weighted by molar-refractivity contribution is 7.91. The highest BCUT2D eigenvalue weighted by Crippen LogP contribution is 2.20. The molecular formula is C7H15NO2S. The van der Waals surface area contributed by atoms with Crippen LogP contribution in [0.1, 0.15) is 13.3 Å². The fourth-order valence-electron chi connectivity index (χ4n) is 1.45. The molecular weight excluding hydrogens is 162 g/mol. The molecule has 1 fully saturated rings. The van der Waals surface area contributed by atoms with Gasteiger partial charge in [-0.05, 0) is 20.4 Å². The first-order valence-electron chi connectivity index (χ1n) is 3.80. The van der Waals surface area contributed by atoms with Gasteiger partial charge in [0, 0.05) is 18.8 Å². The van der Waals surface area contributed by atoms with E-state index >= 15 is 0 Å². The van der Waals surface area contributed by atoms with Gasteiger partial charge in [0.1, 0.15) is 0 Å². The summed E-state index contributed by atoms with van der Waals surface area (Å²) in [5, 5.41) is -0.137. The summed E-state index contributed by atoms with van der Waals surface area (Å²) in [5.74, 6) is 0. The lowest BCUT2D eigenvalue weighted by atomic mass is 10.2. The highest BCUT2D eigenvalue weighted by atomic mass is 32.2. The van der Waals surface area contributed by atoms with Gasteiger partial charge in [-0.1, -0.05) is 0 Å². The van der Waals surface area contributed by atoms with Gasteiger partial charge in [0.05, 0.1) is 5.25 Å². The molecule has 3 nitrogen and oxygen atoms in total. The summed E-state index contributed by atoms with van der Waals surface area (Å²) in [6.45, 7) is 2.76. The molecule has 0 aromatic carbocycles. The Bertz CT molecular complexity index is 225. The first-order valence-corrected chi connectivity index (χ1v) is 5.76. The van der Waals surface area contributed by atoms with Crippen molar-refractivity contribution in [3.63, 3.8) is 0 Å². The van der Waals surface area contributed by atoms with Crippen molar-refractivity contribution in [2.24, 2.45) is 0 Å². The van der Waals surface area contributed by atoms with Gasteiger partial charge in [0.2, 0.25) is 0 Å². The molecule has 1 aliphatic rings. The Hall–Kier alpha value is -0.0900. The zero-order valence-electron chi connectivity index (χ0n) is 7.24. The molecule has 4 heteroatoms. The van der Waals surface area contributed by atoms with E-state index in [9.17, 15) is 8.42 Å². The molecule has 0 saturated carbocycles. The van der Waals surface area contributed by atoms with Crippen molar-refractivity contribution in [3.05, 3.63) is 0 Å². The van der Waals surface area contributed by atoms with Crippen molar-refractivity contribution >= 4 is 9.84 Å². The Kier molecular flexibility index (Phi) is 2.25. The van der Waals surface area contributed by atoms with Gasteiger partial charge in [-0.25, -0.2) is 8.42 Å². The predicted octanol–water partition coefficient (Wildman–Crippen LogP) is 0.124. The number of rotatable bonds is 1. The van der Waals surface area contributed by atoms with Crippen molar-refractivity contribution in [2.75, 3.05) is 19.8 Å². The summed E-state index contributed by atoms with van der Waals surface area (Å²) in [5.41, 5.74) is 0. The number of nitrogens with zero attached hydrogens (tertiary/aromatic N) is 1. The quantitative estimate of drug-likeness (QED) is 0.571. The van der Waals surface area contributed by atoms with Crippen LogP contribution in [0.2, 0.25) is 0 Å². The monoisotopic (exact) mass is 177 g/mol. The first-order chi connectivity index (χ1) is 4.91. The van der Waals surface area contributed by atoms with Gasteiger partial charge >= 0.3 is 0 Å². The van der Waals surface area contributed by atoms with E-state index in [1.165, 1.54) is 6.26 Å². The molecule has 11 heavy (non-hydrogen) atoms. The second-order valence-corrected chi connectivity index (χ2v) is 5.80. The Balaban J connectivity index is 2.69. The van der Waals surface area contributed by atoms with Crippen LogP contribution in [0.25, 0.3) is 0 Å². The van der Waals surface area contributed by atoms with E-state index in [1.54, 1.807) is 0 Å². The predicted molar refractivity (Wildman–Crippen MR) is 45.3 cm³/mol. The van der Waals surface area contributed by atoms with E-state index < -0.39 is 9.84 Å². The van der Waals surface area contributed by atoms with Gasteiger partial charge in [0.25, 0.3) is 0 Å². The second kappa shape index (κ2) is 2.75. The minimum Gasteiger partial charge on any atom is -0.302 e. The lowest BCUT2D eigenvalue weighted by molar-refractivity contribution is 0.331. The molecule has 0 aliphatic carbocycles. The van der Waals surface area contributed by atoms with E-state index in [-0.39, 0.29) is 5.25 Å². The van der Waals surface area contributed by atoms with Crippen molar-refractivity contribution in [2.45, 2.75) is 24.6 Å². The van der Waals surface area contributed by atoms with E-state index in [2.05, 4.69) is 11.8 Å². The molecule has 0 aromatic heterocycles. The molecule has 0 aromatic rings. The normalized spacial score (nSPS) is 34.5. The molecule has 0 N–H and O–H groups in total. The van der Waals surface area contributed by atoms with Gasteiger partial charge < -0.3 is 4.90 Å². The van der Waals surface area contributed by atoms with Gasteiger partial charge in [-0.3, -0.25) is 0 Å². The van der Waals surface area contributed by atoms with Crippen LogP contribution in [-0.4, -0.2) is 44.5 Å². The molecule has 1 heterocycles. The van der Waals surface area contributed by atoms with E-state index in [0.717, 1.165) is 6.42 Å². The molecule has 0 spiro atoms. The van der Waals surface area contributed by atoms with Crippen LogP contribution in [0, 0.1) is 0 Å². The van der Waals surface area contributed by atoms with Crippen LogP contribution in [0.5, 0.6) is 0 Å². The molecule has 0 bridgehead atoms. The molecule has 2 atom stereocenters. The smallest absolute Gasteiger partial charge is 0.151 e. The van der Waals surface area contributed by atoms with Gasteiger partial charge in [-0.15, -0.1) is 0 Å². The molecule has 1 aliphatic heterocycles. The van der Waals surface area contributed by atoms with E-state index in [0.29, 0.717) is 12.6 Å². The Morgan fingerprint density at radius 3 is 2.18 bits per heavy atom. The maximum atomic E-state index is 11.1. The minimum absolute atomic E-state index is 0.137. The molecule has 1 rings (SSSR count). The van der Waals surface area contributed by atoms with Gasteiger partial charge in [0.15, 0.2) is 9.84 Å². The highest BCUT2D eigenvalue weighted by Gasteiger charge is 2.32. The molecule has 66 valence electrons. The molecule has 1 unspecified atom stereocenters.